The van der Waals surface area contributed by atoms with Gasteiger partial charge >= 0.3 is 0 Å². The Balaban J connectivity index is 2.25. The molecule has 114 valence electrons. The van der Waals surface area contributed by atoms with Gasteiger partial charge in [-0.05, 0) is 37.3 Å². The highest BCUT2D eigenvalue weighted by atomic mass is 35.5. The summed E-state index contributed by atoms with van der Waals surface area (Å²) < 4.78 is 1.69. The molecule has 2 heterocycles. The van der Waals surface area contributed by atoms with E-state index in [1.54, 1.807) is 23.3 Å². The van der Waals surface area contributed by atoms with E-state index in [4.69, 9.17) is 11.6 Å². The third kappa shape index (κ3) is 4.67. The Morgan fingerprint density at radius 1 is 1.14 bits per heavy atom. The first kappa shape index (κ1) is 15.7. The number of hydrogen-bond donors (Lipinski definition) is 1. The molecule has 6 nitrogen and oxygen atoms in total. The molecule has 1 N–H and O–H groups in total. The minimum absolute atomic E-state index is 0.155. The molecule has 0 fully saturated rings. The van der Waals surface area contributed by atoms with Gasteiger partial charge in [0.1, 0.15) is 6.33 Å². The zero-order valence-corrected chi connectivity index (χ0v) is 13.8. The lowest BCUT2D eigenvalue weighted by atomic mass is 9.82. The molecule has 0 aliphatic carbocycles. The SMILES string of the molecule is CC(C)(C)CC(C)(C)Nc1nc(Cl)nc(-n2ccnc2)n1. The van der Waals surface area contributed by atoms with Gasteiger partial charge in [-0.15, -0.1) is 0 Å². The topological polar surface area (TPSA) is 68.5 Å². The minimum Gasteiger partial charge on any atom is -0.349 e. The van der Waals surface area contributed by atoms with E-state index < -0.39 is 0 Å². The summed E-state index contributed by atoms with van der Waals surface area (Å²) in [5, 5.41) is 3.49. The summed E-state index contributed by atoms with van der Waals surface area (Å²) in [4.78, 5) is 16.6. The monoisotopic (exact) mass is 308 g/mol. The zero-order valence-electron chi connectivity index (χ0n) is 13.1. The van der Waals surface area contributed by atoms with Gasteiger partial charge in [-0.1, -0.05) is 20.8 Å². The number of rotatable bonds is 4. The summed E-state index contributed by atoms with van der Waals surface area (Å²) in [6.45, 7) is 10.8. The van der Waals surface area contributed by atoms with Gasteiger partial charge in [-0.3, -0.25) is 4.57 Å². The van der Waals surface area contributed by atoms with Gasteiger partial charge in [0.25, 0.3) is 0 Å². The van der Waals surface area contributed by atoms with E-state index >= 15 is 0 Å². The maximum Gasteiger partial charge on any atom is 0.241 e. The fraction of sp³-hybridized carbons (Fsp3) is 0.571. The van der Waals surface area contributed by atoms with Crippen LogP contribution < -0.4 is 5.32 Å². The molecule has 0 radical (unpaired) electrons. The van der Waals surface area contributed by atoms with E-state index in [1.807, 2.05) is 0 Å². The summed E-state index contributed by atoms with van der Waals surface area (Å²) in [6.07, 6.45) is 6.00. The number of nitrogens with one attached hydrogen (secondary N) is 1. The molecule has 0 unspecified atom stereocenters. The van der Waals surface area contributed by atoms with Crippen LogP contribution in [0.25, 0.3) is 5.95 Å². The Morgan fingerprint density at radius 2 is 1.86 bits per heavy atom. The van der Waals surface area contributed by atoms with Crippen molar-refractivity contribution in [2.45, 2.75) is 46.6 Å². The van der Waals surface area contributed by atoms with Crippen LogP contribution in [0, 0.1) is 5.41 Å². The average molecular weight is 309 g/mol. The third-order valence-corrected chi connectivity index (χ3v) is 2.92. The quantitative estimate of drug-likeness (QED) is 0.938. The largest absolute Gasteiger partial charge is 0.349 e. The van der Waals surface area contributed by atoms with Gasteiger partial charge in [0.15, 0.2) is 0 Å². The fourth-order valence-corrected chi connectivity index (χ4v) is 2.72. The molecule has 0 bridgehead atoms. The molecule has 7 heteroatoms. The third-order valence-electron chi connectivity index (χ3n) is 2.75. The van der Waals surface area contributed by atoms with Gasteiger partial charge in [-0.2, -0.15) is 15.0 Å². The molecule has 0 atom stereocenters. The molecular weight excluding hydrogens is 288 g/mol. The molecule has 0 aromatic carbocycles. The highest BCUT2D eigenvalue weighted by Gasteiger charge is 2.26. The van der Waals surface area contributed by atoms with Crippen LogP contribution in [-0.2, 0) is 0 Å². The second-order valence-corrected chi connectivity index (χ2v) is 7.28. The highest BCUT2D eigenvalue weighted by Crippen LogP contribution is 2.29. The van der Waals surface area contributed by atoms with Crippen molar-refractivity contribution < 1.29 is 0 Å². The predicted molar refractivity (Wildman–Crippen MR) is 83.7 cm³/mol. The van der Waals surface area contributed by atoms with Crippen molar-refractivity contribution in [3.63, 3.8) is 0 Å². The van der Waals surface area contributed by atoms with Crippen LogP contribution in [0.3, 0.4) is 0 Å². The molecule has 21 heavy (non-hydrogen) atoms. The van der Waals surface area contributed by atoms with Crippen LogP contribution in [0.1, 0.15) is 41.0 Å². The smallest absolute Gasteiger partial charge is 0.241 e. The lowest BCUT2D eigenvalue weighted by molar-refractivity contribution is 0.301. The summed E-state index contributed by atoms with van der Waals surface area (Å²) >= 11 is 5.99. The number of anilines is 1. The van der Waals surface area contributed by atoms with Crippen molar-refractivity contribution in [3.8, 4) is 5.95 Å². The first-order valence-electron chi connectivity index (χ1n) is 6.83. The maximum absolute atomic E-state index is 5.99. The first-order chi connectivity index (χ1) is 9.65. The number of nitrogens with zero attached hydrogens (tertiary/aromatic N) is 5. The van der Waals surface area contributed by atoms with Crippen molar-refractivity contribution in [2.75, 3.05) is 5.32 Å². The molecule has 0 amide bonds. The van der Waals surface area contributed by atoms with Gasteiger partial charge < -0.3 is 5.32 Å². The zero-order chi connectivity index (χ0) is 15.7. The Morgan fingerprint density at radius 3 is 2.43 bits per heavy atom. The Labute approximate surface area is 130 Å². The van der Waals surface area contributed by atoms with Gasteiger partial charge in [0, 0.05) is 17.9 Å². The van der Waals surface area contributed by atoms with Crippen LogP contribution >= 0.6 is 11.6 Å². The summed E-state index contributed by atoms with van der Waals surface area (Å²) in [5.74, 6) is 0.912. The molecule has 0 aliphatic rings. The van der Waals surface area contributed by atoms with Crippen molar-refractivity contribution in [2.24, 2.45) is 5.41 Å². The van der Waals surface area contributed by atoms with Crippen molar-refractivity contribution in [3.05, 3.63) is 24.0 Å². The number of halogens is 1. The Hall–Kier alpha value is -1.69. The van der Waals surface area contributed by atoms with Crippen molar-refractivity contribution >= 4 is 17.5 Å². The van der Waals surface area contributed by atoms with Crippen LogP contribution in [0.4, 0.5) is 5.95 Å². The maximum atomic E-state index is 5.99. The lowest BCUT2D eigenvalue weighted by Crippen LogP contribution is -2.36. The minimum atomic E-state index is -0.158. The standard InChI is InChI=1S/C14H21ClN6/c1-13(2,3)8-14(4,5)20-11-17-10(15)18-12(19-11)21-7-6-16-9-21/h6-7,9H,8H2,1-5H3,(H,17,18,19,20). The van der Waals surface area contributed by atoms with Crippen LogP contribution in [0.5, 0.6) is 0 Å². The Kier molecular flexibility index (Phi) is 4.18. The molecule has 2 rings (SSSR count). The van der Waals surface area contributed by atoms with E-state index in [9.17, 15) is 0 Å². The molecule has 0 saturated carbocycles. The average Bonchev–Trinajstić information content (AvgIpc) is 2.76. The van der Waals surface area contributed by atoms with Crippen molar-refractivity contribution in [1.29, 1.82) is 0 Å². The molecule has 0 spiro atoms. The van der Waals surface area contributed by atoms with E-state index in [1.165, 1.54) is 0 Å². The van der Waals surface area contributed by atoms with Crippen molar-refractivity contribution in [1.82, 2.24) is 24.5 Å². The normalized spacial score (nSPS) is 12.5. The van der Waals surface area contributed by atoms with Gasteiger partial charge in [-0.25, -0.2) is 4.98 Å². The van der Waals surface area contributed by atoms with E-state index in [2.05, 4.69) is 59.9 Å². The first-order valence-corrected chi connectivity index (χ1v) is 7.21. The van der Waals surface area contributed by atoms with Crippen LogP contribution in [0.2, 0.25) is 5.28 Å². The van der Waals surface area contributed by atoms with Gasteiger partial charge in [0.2, 0.25) is 17.2 Å². The second-order valence-electron chi connectivity index (χ2n) is 6.94. The lowest BCUT2D eigenvalue weighted by Gasteiger charge is -2.33. The summed E-state index contributed by atoms with van der Waals surface area (Å²) in [7, 11) is 0. The molecule has 2 aromatic rings. The summed E-state index contributed by atoms with van der Waals surface area (Å²) in [5.41, 5.74) is 0.0373. The highest BCUT2D eigenvalue weighted by molar-refractivity contribution is 6.28. The van der Waals surface area contributed by atoms with Crippen LogP contribution in [-0.4, -0.2) is 30.0 Å². The predicted octanol–water partition coefficient (Wildman–Crippen LogP) is 3.34. The summed E-state index contributed by atoms with van der Waals surface area (Å²) in [6, 6.07) is 0. The van der Waals surface area contributed by atoms with E-state index in [0.29, 0.717) is 11.9 Å². The van der Waals surface area contributed by atoms with E-state index in [0.717, 1.165) is 6.42 Å². The number of aromatic nitrogens is 5. The van der Waals surface area contributed by atoms with Gasteiger partial charge in [0.05, 0.1) is 0 Å². The number of hydrogen-bond acceptors (Lipinski definition) is 5. The molecule has 2 aromatic heterocycles. The fourth-order valence-electron chi connectivity index (χ4n) is 2.56. The molecule has 0 aliphatic heterocycles. The second kappa shape index (κ2) is 5.60. The van der Waals surface area contributed by atoms with E-state index in [-0.39, 0.29) is 16.2 Å². The van der Waals surface area contributed by atoms with Crippen LogP contribution in [0.15, 0.2) is 18.7 Å². The number of imidazole rings is 1. The molecular formula is C14H21ClN6. The Bertz CT molecular complexity index is 600. The molecule has 0 saturated heterocycles.